The third-order valence-corrected chi connectivity index (χ3v) is 3.81. The molecular weight excluding hydrogens is 318 g/mol. The topological polar surface area (TPSA) is 56.8 Å². The van der Waals surface area contributed by atoms with Crippen molar-refractivity contribution in [2.24, 2.45) is 5.92 Å². The third kappa shape index (κ3) is 6.28. The smallest absolute Gasteiger partial charge is 0.306 e. The van der Waals surface area contributed by atoms with E-state index in [1.165, 1.54) is 0 Å². The maximum atomic E-state index is 11.4. The second-order valence-electron chi connectivity index (χ2n) is 5.45. The molecule has 0 spiro atoms. The number of hydrogen-bond acceptors (Lipinski definition) is 5. The van der Waals surface area contributed by atoms with Crippen LogP contribution in [0.2, 0.25) is 0 Å². The molecule has 0 aliphatic carbocycles. The molecule has 0 radical (unpaired) electrons. The van der Waals surface area contributed by atoms with Gasteiger partial charge in [-0.05, 0) is 37.9 Å². The molecule has 0 saturated carbocycles. The first-order chi connectivity index (χ1) is 10.7. The lowest BCUT2D eigenvalue weighted by Gasteiger charge is -2.14. The Morgan fingerprint density at radius 2 is 2.22 bits per heavy atom. The van der Waals surface area contributed by atoms with Crippen LogP contribution in [0, 0.1) is 5.92 Å². The van der Waals surface area contributed by atoms with Crippen molar-refractivity contribution < 1.29 is 19.0 Å². The van der Waals surface area contributed by atoms with Crippen molar-refractivity contribution in [3.63, 3.8) is 0 Å². The summed E-state index contributed by atoms with van der Waals surface area (Å²) in [6, 6.07) is 5.79. The van der Waals surface area contributed by atoms with E-state index in [1.807, 2.05) is 25.1 Å². The molecule has 130 valence electrons. The largest absolute Gasteiger partial charge is 0.496 e. The van der Waals surface area contributed by atoms with Crippen molar-refractivity contribution in [1.29, 1.82) is 0 Å². The number of benzene rings is 1. The Hall–Kier alpha value is -1.46. The second-order valence-corrected chi connectivity index (χ2v) is 5.45. The maximum absolute atomic E-state index is 11.4. The molecule has 1 aromatic carbocycles. The monoisotopic (exact) mass is 343 g/mol. The third-order valence-electron chi connectivity index (χ3n) is 3.81. The number of hydrogen-bond donors (Lipinski definition) is 1. The Morgan fingerprint density at radius 1 is 1.39 bits per heavy atom. The zero-order valence-electron chi connectivity index (χ0n) is 13.8. The molecule has 0 bridgehead atoms. The second kappa shape index (κ2) is 10.3. The van der Waals surface area contributed by atoms with Gasteiger partial charge in [-0.2, -0.15) is 0 Å². The van der Waals surface area contributed by atoms with Gasteiger partial charge in [0.05, 0.1) is 20.3 Å². The molecule has 0 amide bonds. The summed E-state index contributed by atoms with van der Waals surface area (Å²) in [5, 5.41) is 3.33. The first-order valence-corrected chi connectivity index (χ1v) is 7.89. The van der Waals surface area contributed by atoms with Crippen LogP contribution in [0.4, 0.5) is 0 Å². The van der Waals surface area contributed by atoms with Crippen molar-refractivity contribution in [2.45, 2.75) is 26.2 Å². The molecule has 5 nitrogen and oxygen atoms in total. The molecular formula is C17H26ClNO4. The molecule has 1 aliphatic heterocycles. The highest BCUT2D eigenvalue weighted by atomic mass is 35.5. The SMILES string of the molecule is CCOC(=O)CCc1ccc(OCC2CCNC2)cc1OC.Cl. The van der Waals surface area contributed by atoms with Crippen LogP contribution in [-0.4, -0.2) is 39.4 Å². The lowest BCUT2D eigenvalue weighted by atomic mass is 10.1. The van der Waals surface area contributed by atoms with Gasteiger partial charge in [-0.15, -0.1) is 12.4 Å². The number of ether oxygens (including phenoxy) is 3. The number of halogens is 1. The van der Waals surface area contributed by atoms with E-state index in [0.29, 0.717) is 25.4 Å². The Morgan fingerprint density at radius 3 is 2.87 bits per heavy atom. The van der Waals surface area contributed by atoms with Gasteiger partial charge < -0.3 is 19.5 Å². The molecule has 6 heteroatoms. The molecule has 1 aliphatic rings. The molecule has 1 fully saturated rings. The Balaban J connectivity index is 0.00000264. The number of nitrogens with one attached hydrogen (secondary N) is 1. The van der Waals surface area contributed by atoms with Crippen molar-refractivity contribution >= 4 is 18.4 Å². The van der Waals surface area contributed by atoms with E-state index in [1.54, 1.807) is 7.11 Å². The number of carbonyl (C=O) groups is 1. The number of methoxy groups -OCH3 is 1. The summed E-state index contributed by atoms with van der Waals surface area (Å²) in [5.74, 6) is 1.96. The van der Waals surface area contributed by atoms with Crippen LogP contribution in [0.5, 0.6) is 11.5 Å². The van der Waals surface area contributed by atoms with Crippen molar-refractivity contribution in [3.05, 3.63) is 23.8 Å². The van der Waals surface area contributed by atoms with Gasteiger partial charge in [-0.1, -0.05) is 6.07 Å². The molecule has 1 heterocycles. The summed E-state index contributed by atoms with van der Waals surface area (Å²) < 4.78 is 16.2. The van der Waals surface area contributed by atoms with Crippen LogP contribution in [0.3, 0.4) is 0 Å². The van der Waals surface area contributed by atoms with Gasteiger partial charge in [0.2, 0.25) is 0 Å². The number of aryl methyl sites for hydroxylation is 1. The molecule has 0 aromatic heterocycles. The van der Waals surface area contributed by atoms with Gasteiger partial charge in [-0.3, -0.25) is 4.79 Å². The first kappa shape index (κ1) is 19.6. The van der Waals surface area contributed by atoms with Gasteiger partial charge in [0, 0.05) is 24.9 Å². The first-order valence-electron chi connectivity index (χ1n) is 7.89. The maximum Gasteiger partial charge on any atom is 0.306 e. The van der Waals surface area contributed by atoms with Gasteiger partial charge >= 0.3 is 5.97 Å². The highest BCUT2D eigenvalue weighted by Crippen LogP contribution is 2.26. The quantitative estimate of drug-likeness (QED) is 0.735. The van der Waals surface area contributed by atoms with E-state index in [0.717, 1.165) is 43.2 Å². The minimum Gasteiger partial charge on any atom is -0.496 e. The summed E-state index contributed by atoms with van der Waals surface area (Å²) in [6.07, 6.45) is 2.13. The van der Waals surface area contributed by atoms with Crippen LogP contribution in [-0.2, 0) is 16.0 Å². The number of carbonyl (C=O) groups excluding carboxylic acids is 1. The Kier molecular flexibility index (Phi) is 8.81. The standard InChI is InChI=1S/C17H25NO4.ClH/c1-3-21-17(19)7-5-14-4-6-15(10-16(14)20-2)22-12-13-8-9-18-11-13;/h4,6,10,13,18H,3,5,7-9,11-12H2,1-2H3;1H. The normalized spacial score (nSPS) is 16.5. The predicted octanol–water partition coefficient (Wildman–Crippen LogP) is 2.60. The highest BCUT2D eigenvalue weighted by molar-refractivity contribution is 5.85. The van der Waals surface area contributed by atoms with Gasteiger partial charge in [0.15, 0.2) is 0 Å². The van der Waals surface area contributed by atoms with Crippen LogP contribution in [0.1, 0.15) is 25.3 Å². The molecule has 23 heavy (non-hydrogen) atoms. The minimum absolute atomic E-state index is 0. The predicted molar refractivity (Wildman–Crippen MR) is 91.7 cm³/mol. The van der Waals surface area contributed by atoms with E-state index in [-0.39, 0.29) is 18.4 Å². The summed E-state index contributed by atoms with van der Waals surface area (Å²) in [7, 11) is 1.63. The zero-order chi connectivity index (χ0) is 15.8. The van der Waals surface area contributed by atoms with Gasteiger partial charge in [-0.25, -0.2) is 0 Å². The summed E-state index contributed by atoms with van der Waals surface area (Å²) in [6.45, 7) is 5.04. The Labute approximate surface area is 144 Å². The highest BCUT2D eigenvalue weighted by Gasteiger charge is 2.15. The molecule has 1 atom stereocenters. The molecule has 1 aromatic rings. The van der Waals surface area contributed by atoms with E-state index < -0.39 is 0 Å². The molecule has 2 rings (SSSR count). The minimum atomic E-state index is -0.182. The zero-order valence-corrected chi connectivity index (χ0v) is 14.6. The fraction of sp³-hybridized carbons (Fsp3) is 0.588. The van der Waals surface area contributed by atoms with E-state index >= 15 is 0 Å². The summed E-state index contributed by atoms with van der Waals surface area (Å²) in [4.78, 5) is 11.4. The van der Waals surface area contributed by atoms with Crippen molar-refractivity contribution in [2.75, 3.05) is 33.4 Å². The van der Waals surface area contributed by atoms with Crippen LogP contribution >= 0.6 is 12.4 Å². The fourth-order valence-corrected chi connectivity index (χ4v) is 2.56. The average molecular weight is 344 g/mol. The van der Waals surface area contributed by atoms with Gasteiger partial charge in [0.25, 0.3) is 0 Å². The average Bonchev–Trinajstić information content (AvgIpc) is 3.05. The van der Waals surface area contributed by atoms with Crippen molar-refractivity contribution in [1.82, 2.24) is 5.32 Å². The van der Waals surface area contributed by atoms with E-state index in [9.17, 15) is 4.79 Å². The van der Waals surface area contributed by atoms with Crippen LogP contribution < -0.4 is 14.8 Å². The number of esters is 1. The Bertz CT molecular complexity index is 489. The molecule has 1 saturated heterocycles. The van der Waals surface area contributed by atoms with Gasteiger partial charge in [0.1, 0.15) is 11.5 Å². The lowest BCUT2D eigenvalue weighted by Crippen LogP contribution is -2.15. The fourth-order valence-electron chi connectivity index (χ4n) is 2.56. The summed E-state index contributed by atoms with van der Waals surface area (Å²) in [5.41, 5.74) is 0.991. The van der Waals surface area contributed by atoms with E-state index in [2.05, 4.69) is 5.32 Å². The van der Waals surface area contributed by atoms with E-state index in [4.69, 9.17) is 14.2 Å². The molecule has 1 N–H and O–H groups in total. The van der Waals surface area contributed by atoms with Crippen LogP contribution in [0.25, 0.3) is 0 Å². The molecule has 1 unspecified atom stereocenters. The lowest BCUT2D eigenvalue weighted by molar-refractivity contribution is -0.143. The van der Waals surface area contributed by atoms with Crippen molar-refractivity contribution in [3.8, 4) is 11.5 Å². The summed E-state index contributed by atoms with van der Waals surface area (Å²) >= 11 is 0. The number of rotatable bonds is 8. The van der Waals surface area contributed by atoms with Crippen LogP contribution in [0.15, 0.2) is 18.2 Å².